The van der Waals surface area contributed by atoms with E-state index in [1.54, 1.807) is 36.4 Å². The maximum absolute atomic E-state index is 15.7. The first-order valence-corrected chi connectivity index (χ1v) is 12.3. The third-order valence-electron chi connectivity index (χ3n) is 4.59. The van der Waals surface area contributed by atoms with Gasteiger partial charge in [-0.2, -0.15) is 13.5 Å². The lowest BCUT2D eigenvalue weighted by Gasteiger charge is -2.27. The second-order valence-corrected chi connectivity index (χ2v) is 11.4. The molecule has 7 heteroatoms. The molecule has 0 amide bonds. The summed E-state index contributed by atoms with van der Waals surface area (Å²) in [5, 5.41) is 0. The van der Waals surface area contributed by atoms with Crippen molar-refractivity contribution in [3.63, 3.8) is 0 Å². The van der Waals surface area contributed by atoms with Gasteiger partial charge in [-0.15, -0.1) is 11.3 Å². The van der Waals surface area contributed by atoms with Crippen LogP contribution in [0.2, 0.25) is 0 Å². The van der Waals surface area contributed by atoms with Gasteiger partial charge in [-0.05, 0) is 57.5 Å². The minimum absolute atomic E-state index is 0.0669. The zero-order valence-corrected chi connectivity index (χ0v) is 20.0. The fourth-order valence-electron chi connectivity index (χ4n) is 2.91. The van der Waals surface area contributed by atoms with E-state index in [-0.39, 0.29) is 20.8 Å². The van der Waals surface area contributed by atoms with Crippen LogP contribution in [0.25, 0.3) is 0 Å². The van der Waals surface area contributed by atoms with Crippen LogP contribution in [0.3, 0.4) is 0 Å². The molecule has 3 aromatic rings. The van der Waals surface area contributed by atoms with Crippen LogP contribution in [-0.2, 0) is 15.9 Å². The summed E-state index contributed by atoms with van der Waals surface area (Å²) in [5.41, 5.74) is 0.781. The molecule has 0 aliphatic heterocycles. The molecule has 0 aliphatic rings. The Morgan fingerprint density at radius 2 is 1.56 bits per heavy atom. The van der Waals surface area contributed by atoms with Gasteiger partial charge in [0.25, 0.3) is 0 Å². The molecule has 0 radical (unpaired) electrons. The van der Waals surface area contributed by atoms with Crippen molar-refractivity contribution < 1.29 is 17.2 Å². The monoisotopic (exact) mass is 473 g/mol. The molecule has 1 unspecified atom stereocenters. The maximum Gasteiger partial charge on any atom is 0.302 e. The molecule has 1 N–H and O–H groups in total. The van der Waals surface area contributed by atoms with Crippen LogP contribution in [0, 0.1) is 24.2 Å². The van der Waals surface area contributed by atoms with E-state index in [4.69, 9.17) is 0 Å². The molecule has 0 spiro atoms. The summed E-state index contributed by atoms with van der Waals surface area (Å²) in [6.07, 6.45) is 0. The predicted octanol–water partition coefficient (Wildman–Crippen LogP) is 6.27. The van der Waals surface area contributed by atoms with Gasteiger partial charge in [0, 0.05) is 5.41 Å². The zero-order valence-electron chi connectivity index (χ0n) is 18.3. The molecular weight excluding hydrogens is 448 g/mol. The fraction of sp³-hybridized carbons (Fsp3) is 0.280. The Morgan fingerprint density at radius 1 is 0.938 bits per heavy atom. The van der Waals surface area contributed by atoms with Gasteiger partial charge < -0.3 is 0 Å². The lowest BCUT2D eigenvalue weighted by Crippen LogP contribution is -2.38. The van der Waals surface area contributed by atoms with E-state index in [1.165, 1.54) is 30.3 Å². The highest BCUT2D eigenvalue weighted by atomic mass is 32.2. The summed E-state index contributed by atoms with van der Waals surface area (Å²) in [7, 11) is -4.19. The SMILES string of the molecule is Cc1ccc(S(=O)(=O)NC(c2ccccc2)C(F)(F)c2ccc(C#CC(C)(C)C)s2)cc1. The Hall–Kier alpha value is -2.53. The summed E-state index contributed by atoms with van der Waals surface area (Å²) < 4.78 is 59.6. The van der Waals surface area contributed by atoms with Crippen LogP contribution in [0.5, 0.6) is 0 Å². The van der Waals surface area contributed by atoms with Gasteiger partial charge >= 0.3 is 5.92 Å². The predicted molar refractivity (Wildman–Crippen MR) is 125 cm³/mol. The van der Waals surface area contributed by atoms with E-state index in [1.807, 2.05) is 27.7 Å². The van der Waals surface area contributed by atoms with Crippen LogP contribution in [-0.4, -0.2) is 8.42 Å². The van der Waals surface area contributed by atoms with Crippen molar-refractivity contribution in [3.05, 3.63) is 87.6 Å². The quantitative estimate of drug-likeness (QED) is 0.429. The smallest absolute Gasteiger partial charge is 0.207 e. The Bertz CT molecular complexity index is 1230. The van der Waals surface area contributed by atoms with Gasteiger partial charge in [-0.1, -0.05) is 59.9 Å². The molecule has 2 aromatic carbocycles. The highest BCUT2D eigenvalue weighted by Gasteiger charge is 2.45. The van der Waals surface area contributed by atoms with Crippen molar-refractivity contribution in [2.75, 3.05) is 0 Å². The zero-order chi connectivity index (χ0) is 23.6. The molecule has 1 heterocycles. The van der Waals surface area contributed by atoms with Crippen molar-refractivity contribution in [1.82, 2.24) is 4.72 Å². The number of nitrogens with one attached hydrogen (secondary N) is 1. The number of hydrogen-bond acceptors (Lipinski definition) is 3. The number of hydrogen-bond donors (Lipinski definition) is 1. The largest absolute Gasteiger partial charge is 0.302 e. The van der Waals surface area contributed by atoms with Gasteiger partial charge in [0.15, 0.2) is 0 Å². The molecule has 32 heavy (non-hydrogen) atoms. The first kappa shape index (κ1) is 24.1. The van der Waals surface area contributed by atoms with E-state index < -0.39 is 22.0 Å². The number of halogens is 2. The topological polar surface area (TPSA) is 46.2 Å². The van der Waals surface area contributed by atoms with Crippen LogP contribution in [0.1, 0.15) is 47.7 Å². The molecule has 0 fully saturated rings. The van der Waals surface area contributed by atoms with Crippen molar-refractivity contribution in [3.8, 4) is 11.8 Å². The third kappa shape index (κ3) is 5.83. The van der Waals surface area contributed by atoms with Crippen LogP contribution < -0.4 is 4.72 Å². The normalized spacial score (nSPS) is 13.3. The van der Waals surface area contributed by atoms with E-state index in [9.17, 15) is 8.42 Å². The second kappa shape index (κ2) is 9.14. The summed E-state index contributed by atoms with van der Waals surface area (Å²) in [4.78, 5) is 0.182. The average Bonchev–Trinajstić information content (AvgIpc) is 3.21. The number of benzene rings is 2. The van der Waals surface area contributed by atoms with Crippen molar-refractivity contribution in [2.45, 2.75) is 44.6 Å². The van der Waals surface area contributed by atoms with Crippen LogP contribution >= 0.6 is 11.3 Å². The second-order valence-electron chi connectivity index (χ2n) is 8.56. The highest BCUT2D eigenvalue weighted by molar-refractivity contribution is 7.89. The molecular formula is C25H25F2NO2S2. The number of rotatable bonds is 6. The fourth-order valence-corrected chi connectivity index (χ4v) is 5.00. The van der Waals surface area contributed by atoms with Crippen molar-refractivity contribution in [2.24, 2.45) is 5.41 Å². The van der Waals surface area contributed by atoms with E-state index in [0.717, 1.165) is 16.9 Å². The van der Waals surface area contributed by atoms with Gasteiger partial charge in [0.05, 0.1) is 14.6 Å². The van der Waals surface area contributed by atoms with E-state index >= 15 is 8.78 Å². The third-order valence-corrected chi connectivity index (χ3v) is 7.12. The molecule has 0 saturated carbocycles. The molecule has 0 saturated heterocycles. The van der Waals surface area contributed by atoms with Gasteiger partial charge in [-0.3, -0.25) is 0 Å². The van der Waals surface area contributed by atoms with Gasteiger partial charge in [0.2, 0.25) is 10.0 Å². The Labute approximate surface area is 192 Å². The molecule has 0 bridgehead atoms. The lowest BCUT2D eigenvalue weighted by molar-refractivity contribution is -0.0343. The molecule has 3 rings (SSSR count). The number of aryl methyl sites for hydroxylation is 1. The average molecular weight is 474 g/mol. The molecule has 168 valence electrons. The van der Waals surface area contributed by atoms with Crippen LogP contribution in [0.15, 0.2) is 71.6 Å². The van der Waals surface area contributed by atoms with Crippen LogP contribution in [0.4, 0.5) is 8.78 Å². The van der Waals surface area contributed by atoms with Gasteiger partial charge in [-0.25, -0.2) is 8.42 Å². The Kier molecular flexibility index (Phi) is 6.89. The Morgan fingerprint density at radius 3 is 2.16 bits per heavy atom. The standard InChI is InChI=1S/C25H25F2NO2S2/c1-18-10-13-21(14-11-18)32(29,30)28-23(19-8-6-5-7-9-19)25(26,27)22-15-12-20(31-22)16-17-24(2,3)4/h5-15,23,28H,1-4H3. The minimum Gasteiger partial charge on any atom is -0.207 e. The summed E-state index contributed by atoms with van der Waals surface area (Å²) in [5.74, 6) is 2.47. The van der Waals surface area contributed by atoms with Crippen molar-refractivity contribution >= 4 is 21.4 Å². The van der Waals surface area contributed by atoms with Gasteiger partial charge in [0.1, 0.15) is 6.04 Å². The number of thiophene rings is 1. The highest BCUT2D eigenvalue weighted by Crippen LogP contribution is 2.44. The maximum atomic E-state index is 15.7. The lowest BCUT2D eigenvalue weighted by atomic mass is 9.98. The molecule has 1 atom stereocenters. The summed E-state index contributed by atoms with van der Waals surface area (Å²) in [6, 6.07) is 15.0. The Balaban J connectivity index is 2.01. The molecule has 0 aliphatic carbocycles. The summed E-state index contributed by atoms with van der Waals surface area (Å²) in [6.45, 7) is 7.64. The molecule has 3 nitrogen and oxygen atoms in total. The molecule has 1 aromatic heterocycles. The van der Waals surface area contributed by atoms with Crippen molar-refractivity contribution in [1.29, 1.82) is 0 Å². The first-order chi connectivity index (χ1) is 14.9. The van der Waals surface area contributed by atoms with E-state index in [2.05, 4.69) is 16.6 Å². The first-order valence-electron chi connectivity index (χ1n) is 10.0. The number of sulfonamides is 1. The minimum atomic E-state index is -4.19. The summed E-state index contributed by atoms with van der Waals surface area (Å²) >= 11 is 0.869. The number of alkyl halides is 2. The van der Waals surface area contributed by atoms with E-state index in [0.29, 0.717) is 4.88 Å².